The minimum Gasteiger partial charge on any atom is -0.350 e. The lowest BCUT2D eigenvalue weighted by molar-refractivity contribution is -0.124. The second-order valence-corrected chi connectivity index (χ2v) is 6.13. The molecule has 0 fully saturated rings. The van der Waals surface area contributed by atoms with E-state index in [1.54, 1.807) is 6.92 Å². The van der Waals surface area contributed by atoms with Gasteiger partial charge in [0.15, 0.2) is 0 Å². The lowest BCUT2D eigenvalue weighted by Crippen LogP contribution is -2.51. The van der Waals surface area contributed by atoms with E-state index >= 15 is 0 Å². The third-order valence-electron chi connectivity index (χ3n) is 2.49. The number of rotatable bonds is 4. The van der Waals surface area contributed by atoms with Crippen LogP contribution in [0.3, 0.4) is 0 Å². The third kappa shape index (κ3) is 4.64. The molecular weight excluding hydrogens is 258 g/mol. The SMILES string of the molecule is CC(NC(=O)c1n[nH]c(C(C)C)n1)C(=O)NC(C)(C)C. The van der Waals surface area contributed by atoms with Crippen LogP contribution in [0, 0.1) is 0 Å². The zero-order valence-corrected chi connectivity index (χ0v) is 12.9. The van der Waals surface area contributed by atoms with Crippen LogP contribution in [-0.2, 0) is 4.79 Å². The molecule has 0 saturated heterocycles. The van der Waals surface area contributed by atoms with Gasteiger partial charge in [0.1, 0.15) is 11.9 Å². The molecule has 0 spiro atoms. The summed E-state index contributed by atoms with van der Waals surface area (Å²) in [5.41, 5.74) is -0.342. The van der Waals surface area contributed by atoms with Crippen molar-refractivity contribution >= 4 is 11.8 Å². The fraction of sp³-hybridized carbons (Fsp3) is 0.692. The normalized spacial score (nSPS) is 13.2. The molecule has 7 heteroatoms. The lowest BCUT2D eigenvalue weighted by Gasteiger charge is -2.23. The number of amides is 2. The van der Waals surface area contributed by atoms with Gasteiger partial charge in [0.2, 0.25) is 11.7 Å². The molecule has 1 unspecified atom stereocenters. The van der Waals surface area contributed by atoms with Crippen molar-refractivity contribution in [1.29, 1.82) is 0 Å². The first-order valence-electron chi connectivity index (χ1n) is 6.65. The highest BCUT2D eigenvalue weighted by molar-refractivity contribution is 5.94. The van der Waals surface area contributed by atoms with E-state index < -0.39 is 11.9 Å². The third-order valence-corrected chi connectivity index (χ3v) is 2.49. The smallest absolute Gasteiger partial charge is 0.291 e. The van der Waals surface area contributed by atoms with Gasteiger partial charge in [0.25, 0.3) is 5.91 Å². The average molecular weight is 281 g/mol. The maximum Gasteiger partial charge on any atom is 0.291 e. The molecule has 112 valence electrons. The van der Waals surface area contributed by atoms with Crippen molar-refractivity contribution < 1.29 is 9.59 Å². The molecule has 2 amide bonds. The van der Waals surface area contributed by atoms with Crippen LogP contribution in [0.25, 0.3) is 0 Å². The second-order valence-electron chi connectivity index (χ2n) is 6.13. The van der Waals surface area contributed by atoms with Crippen molar-refractivity contribution in [2.75, 3.05) is 0 Å². The summed E-state index contributed by atoms with van der Waals surface area (Å²) in [4.78, 5) is 27.9. The highest BCUT2D eigenvalue weighted by atomic mass is 16.2. The molecular formula is C13H23N5O2. The van der Waals surface area contributed by atoms with Gasteiger partial charge in [-0.3, -0.25) is 14.7 Å². The standard InChI is InChI=1S/C13H23N5O2/c1-7(2)9-15-10(18-17-9)12(20)14-8(3)11(19)16-13(4,5)6/h7-8H,1-6H3,(H,14,20)(H,16,19)(H,15,17,18). The van der Waals surface area contributed by atoms with E-state index in [2.05, 4.69) is 25.8 Å². The molecule has 0 saturated carbocycles. The number of carbonyl (C=O) groups excluding carboxylic acids is 2. The summed E-state index contributed by atoms with van der Waals surface area (Å²) in [5.74, 6) is 0.131. The van der Waals surface area contributed by atoms with Crippen LogP contribution in [-0.4, -0.2) is 38.6 Å². The van der Waals surface area contributed by atoms with E-state index in [4.69, 9.17) is 0 Å². The van der Waals surface area contributed by atoms with E-state index in [0.717, 1.165) is 0 Å². The minimum atomic E-state index is -0.650. The summed E-state index contributed by atoms with van der Waals surface area (Å²) in [7, 11) is 0. The minimum absolute atomic E-state index is 0.0455. The number of hydrogen-bond acceptors (Lipinski definition) is 4. The Morgan fingerprint density at radius 3 is 2.25 bits per heavy atom. The van der Waals surface area contributed by atoms with E-state index in [-0.39, 0.29) is 23.2 Å². The molecule has 0 aliphatic rings. The summed E-state index contributed by atoms with van der Waals surface area (Å²) in [5, 5.41) is 11.9. The predicted molar refractivity (Wildman–Crippen MR) is 75.3 cm³/mol. The van der Waals surface area contributed by atoms with E-state index in [1.807, 2.05) is 34.6 Å². The van der Waals surface area contributed by atoms with Crippen molar-refractivity contribution in [1.82, 2.24) is 25.8 Å². The van der Waals surface area contributed by atoms with Crippen LogP contribution < -0.4 is 10.6 Å². The molecule has 0 aliphatic carbocycles. The highest BCUT2D eigenvalue weighted by Gasteiger charge is 2.22. The Hall–Kier alpha value is -1.92. The number of nitrogens with zero attached hydrogens (tertiary/aromatic N) is 2. The van der Waals surface area contributed by atoms with E-state index in [1.165, 1.54) is 0 Å². The average Bonchev–Trinajstić information content (AvgIpc) is 2.75. The van der Waals surface area contributed by atoms with Crippen LogP contribution in [0.2, 0.25) is 0 Å². The van der Waals surface area contributed by atoms with Gasteiger partial charge in [-0.2, -0.15) is 0 Å². The van der Waals surface area contributed by atoms with Crippen LogP contribution in [0.4, 0.5) is 0 Å². The van der Waals surface area contributed by atoms with Gasteiger partial charge in [-0.05, 0) is 27.7 Å². The van der Waals surface area contributed by atoms with Crippen molar-refractivity contribution in [3.8, 4) is 0 Å². The van der Waals surface area contributed by atoms with Gasteiger partial charge in [-0.25, -0.2) is 4.98 Å². The Bertz CT molecular complexity index is 487. The van der Waals surface area contributed by atoms with E-state index in [0.29, 0.717) is 5.82 Å². The molecule has 0 aromatic carbocycles. The second kappa shape index (κ2) is 6.02. The van der Waals surface area contributed by atoms with Crippen molar-refractivity contribution in [2.45, 2.75) is 59.0 Å². The van der Waals surface area contributed by atoms with Gasteiger partial charge in [-0.1, -0.05) is 13.8 Å². The Kier molecular flexibility index (Phi) is 4.86. The zero-order valence-electron chi connectivity index (χ0n) is 12.9. The molecule has 0 bridgehead atoms. The monoisotopic (exact) mass is 281 g/mol. The maximum atomic E-state index is 11.9. The first kappa shape index (κ1) is 16.1. The summed E-state index contributed by atoms with van der Waals surface area (Å²) in [6.07, 6.45) is 0. The quantitative estimate of drug-likeness (QED) is 0.765. The van der Waals surface area contributed by atoms with Crippen molar-refractivity contribution in [3.05, 3.63) is 11.6 Å². The predicted octanol–water partition coefficient (Wildman–Crippen LogP) is 0.961. The van der Waals surface area contributed by atoms with Gasteiger partial charge >= 0.3 is 0 Å². The maximum absolute atomic E-state index is 11.9. The number of aromatic nitrogens is 3. The molecule has 3 N–H and O–H groups in total. The fourth-order valence-corrected chi connectivity index (χ4v) is 1.44. The molecule has 1 aromatic heterocycles. The molecule has 1 aromatic rings. The number of hydrogen-bond donors (Lipinski definition) is 3. The topological polar surface area (TPSA) is 99.8 Å². The fourth-order valence-electron chi connectivity index (χ4n) is 1.44. The molecule has 0 radical (unpaired) electrons. The summed E-state index contributed by atoms with van der Waals surface area (Å²) in [6, 6.07) is -0.650. The molecule has 1 rings (SSSR count). The molecule has 1 heterocycles. The van der Waals surface area contributed by atoms with Crippen molar-refractivity contribution in [2.24, 2.45) is 0 Å². The first-order chi connectivity index (χ1) is 9.10. The van der Waals surface area contributed by atoms with Crippen molar-refractivity contribution in [3.63, 3.8) is 0 Å². The summed E-state index contributed by atoms with van der Waals surface area (Å²) < 4.78 is 0. The Balaban J connectivity index is 2.63. The lowest BCUT2D eigenvalue weighted by atomic mass is 10.1. The number of aromatic amines is 1. The molecule has 1 atom stereocenters. The number of nitrogens with one attached hydrogen (secondary N) is 3. The van der Waals surface area contributed by atoms with Gasteiger partial charge in [-0.15, -0.1) is 5.10 Å². The molecule has 7 nitrogen and oxygen atoms in total. The Morgan fingerprint density at radius 1 is 1.20 bits per heavy atom. The largest absolute Gasteiger partial charge is 0.350 e. The summed E-state index contributed by atoms with van der Waals surface area (Å²) >= 11 is 0. The van der Waals surface area contributed by atoms with Crippen LogP contribution in [0.5, 0.6) is 0 Å². The van der Waals surface area contributed by atoms with Crippen LogP contribution in [0.15, 0.2) is 0 Å². The van der Waals surface area contributed by atoms with E-state index in [9.17, 15) is 9.59 Å². The van der Waals surface area contributed by atoms with Gasteiger partial charge in [0.05, 0.1) is 0 Å². The summed E-state index contributed by atoms with van der Waals surface area (Å²) in [6.45, 7) is 11.1. The Morgan fingerprint density at radius 2 is 1.80 bits per heavy atom. The van der Waals surface area contributed by atoms with Gasteiger partial charge < -0.3 is 10.6 Å². The zero-order chi connectivity index (χ0) is 15.5. The number of carbonyl (C=O) groups is 2. The van der Waals surface area contributed by atoms with Gasteiger partial charge in [0, 0.05) is 11.5 Å². The first-order valence-corrected chi connectivity index (χ1v) is 6.65. The molecule has 0 aliphatic heterocycles. The van der Waals surface area contributed by atoms with Crippen LogP contribution >= 0.6 is 0 Å². The number of H-pyrrole nitrogens is 1. The van der Waals surface area contributed by atoms with Crippen LogP contribution in [0.1, 0.15) is 63.9 Å². The molecule has 20 heavy (non-hydrogen) atoms. The Labute approximate surface area is 118 Å². The highest BCUT2D eigenvalue weighted by Crippen LogP contribution is 2.07.